The van der Waals surface area contributed by atoms with Crippen molar-refractivity contribution in [2.24, 2.45) is 0 Å². The Kier molecular flexibility index (Phi) is 3.84. The zero-order chi connectivity index (χ0) is 9.52. The number of nitrogens with zero attached hydrogens (tertiary/aromatic N) is 2. The van der Waals surface area contributed by atoms with Gasteiger partial charge in [-0.15, -0.1) is 0 Å². The summed E-state index contributed by atoms with van der Waals surface area (Å²) >= 11 is 0. The summed E-state index contributed by atoms with van der Waals surface area (Å²) in [5.74, 6) is 0.368. The molecule has 0 saturated heterocycles. The third kappa shape index (κ3) is 3.62. The monoisotopic (exact) mass is 180 g/mol. The molecule has 2 N–H and O–H groups in total. The van der Waals surface area contributed by atoms with Gasteiger partial charge in [-0.05, 0) is 6.54 Å². The van der Waals surface area contributed by atoms with E-state index in [4.69, 9.17) is 0 Å². The van der Waals surface area contributed by atoms with Crippen LogP contribution in [0.4, 0.5) is 5.82 Å². The minimum Gasteiger partial charge on any atom is -0.309 e. The van der Waals surface area contributed by atoms with E-state index < -0.39 is 0 Å². The number of hydrogen-bond acceptors (Lipinski definition) is 4. The van der Waals surface area contributed by atoms with Crippen molar-refractivity contribution in [3.8, 4) is 0 Å². The first-order valence-corrected chi connectivity index (χ1v) is 4.09. The molecule has 0 aliphatic carbocycles. The maximum Gasteiger partial charge on any atom is 0.239 e. The highest BCUT2D eigenvalue weighted by molar-refractivity contribution is 5.91. The molecule has 1 amide bonds. The first-order chi connectivity index (χ1) is 6.33. The topological polar surface area (TPSA) is 66.9 Å². The highest BCUT2D eigenvalue weighted by Crippen LogP contribution is 1.95. The minimum atomic E-state index is -0.109. The van der Waals surface area contributed by atoms with E-state index in [0.29, 0.717) is 12.4 Å². The molecule has 0 aliphatic heterocycles. The Labute approximate surface area is 76.6 Å². The van der Waals surface area contributed by atoms with Crippen molar-refractivity contribution in [1.29, 1.82) is 0 Å². The fourth-order valence-electron chi connectivity index (χ4n) is 0.789. The van der Waals surface area contributed by atoms with Crippen LogP contribution in [0.3, 0.4) is 0 Å². The first-order valence-electron chi connectivity index (χ1n) is 4.09. The largest absolute Gasteiger partial charge is 0.309 e. The molecule has 13 heavy (non-hydrogen) atoms. The smallest absolute Gasteiger partial charge is 0.239 e. The van der Waals surface area contributed by atoms with E-state index in [1.165, 1.54) is 12.4 Å². The van der Waals surface area contributed by atoms with Crippen molar-refractivity contribution in [2.45, 2.75) is 6.92 Å². The summed E-state index contributed by atoms with van der Waals surface area (Å²) in [5.41, 5.74) is 0. The van der Waals surface area contributed by atoms with E-state index in [-0.39, 0.29) is 5.91 Å². The second-order valence-electron chi connectivity index (χ2n) is 2.42. The second-order valence-corrected chi connectivity index (χ2v) is 2.42. The van der Waals surface area contributed by atoms with Crippen molar-refractivity contribution < 1.29 is 4.79 Å². The average Bonchev–Trinajstić information content (AvgIpc) is 2.16. The van der Waals surface area contributed by atoms with E-state index >= 15 is 0 Å². The van der Waals surface area contributed by atoms with Gasteiger partial charge in [-0.2, -0.15) is 0 Å². The Hall–Kier alpha value is -1.49. The van der Waals surface area contributed by atoms with Crippen molar-refractivity contribution in [1.82, 2.24) is 15.3 Å². The van der Waals surface area contributed by atoms with Gasteiger partial charge in [-0.1, -0.05) is 6.92 Å². The van der Waals surface area contributed by atoms with Crippen LogP contribution in [0.15, 0.2) is 18.6 Å². The van der Waals surface area contributed by atoms with Crippen molar-refractivity contribution >= 4 is 11.7 Å². The van der Waals surface area contributed by atoms with Crippen LogP contribution in [-0.4, -0.2) is 29.0 Å². The molecule has 0 aliphatic rings. The van der Waals surface area contributed by atoms with Crippen molar-refractivity contribution in [3.63, 3.8) is 0 Å². The Balaban J connectivity index is 2.37. The van der Waals surface area contributed by atoms with Gasteiger partial charge in [0, 0.05) is 12.4 Å². The van der Waals surface area contributed by atoms with E-state index in [2.05, 4.69) is 20.6 Å². The summed E-state index contributed by atoms with van der Waals surface area (Å²) < 4.78 is 0. The average molecular weight is 180 g/mol. The lowest BCUT2D eigenvalue weighted by molar-refractivity contribution is -0.115. The van der Waals surface area contributed by atoms with Crippen LogP contribution in [0.1, 0.15) is 6.92 Å². The summed E-state index contributed by atoms with van der Waals surface area (Å²) in [4.78, 5) is 18.9. The fraction of sp³-hybridized carbons (Fsp3) is 0.375. The second kappa shape index (κ2) is 5.21. The van der Waals surface area contributed by atoms with Gasteiger partial charge in [0.05, 0.1) is 12.7 Å². The Morgan fingerprint density at radius 1 is 1.54 bits per heavy atom. The predicted octanol–water partition coefficient (Wildman–Crippen LogP) is 0.0246. The summed E-state index contributed by atoms with van der Waals surface area (Å²) in [6.07, 6.45) is 4.59. The highest BCUT2D eigenvalue weighted by Gasteiger charge is 2.00. The summed E-state index contributed by atoms with van der Waals surface area (Å²) in [6, 6.07) is 0. The molecule has 0 aromatic carbocycles. The van der Waals surface area contributed by atoms with Crippen LogP contribution in [0.25, 0.3) is 0 Å². The van der Waals surface area contributed by atoms with E-state index in [9.17, 15) is 4.79 Å². The molecule has 1 heterocycles. The van der Waals surface area contributed by atoms with E-state index in [0.717, 1.165) is 6.54 Å². The number of likely N-dealkylation sites (N-methyl/N-ethyl adjacent to an activating group) is 1. The molecule has 0 unspecified atom stereocenters. The molecule has 0 bridgehead atoms. The number of anilines is 1. The first kappa shape index (κ1) is 9.60. The number of hydrogen-bond donors (Lipinski definition) is 2. The molecule has 1 aromatic rings. The van der Waals surface area contributed by atoms with Gasteiger partial charge in [0.25, 0.3) is 0 Å². The van der Waals surface area contributed by atoms with Crippen LogP contribution in [-0.2, 0) is 4.79 Å². The lowest BCUT2D eigenvalue weighted by Gasteiger charge is -2.02. The van der Waals surface area contributed by atoms with Gasteiger partial charge >= 0.3 is 0 Å². The molecule has 1 rings (SSSR count). The number of aromatic nitrogens is 2. The molecule has 0 saturated carbocycles. The lowest BCUT2D eigenvalue weighted by Crippen LogP contribution is -2.28. The van der Waals surface area contributed by atoms with Gasteiger partial charge in [-0.25, -0.2) is 4.98 Å². The Morgan fingerprint density at radius 2 is 2.38 bits per heavy atom. The van der Waals surface area contributed by atoms with E-state index in [1.807, 2.05) is 6.92 Å². The molecule has 0 spiro atoms. The van der Waals surface area contributed by atoms with Gasteiger partial charge in [0.1, 0.15) is 0 Å². The Morgan fingerprint density at radius 3 is 3.00 bits per heavy atom. The van der Waals surface area contributed by atoms with Gasteiger partial charge in [0.15, 0.2) is 5.82 Å². The number of amides is 1. The summed E-state index contributed by atoms with van der Waals surface area (Å²) in [6.45, 7) is 3.01. The lowest BCUT2D eigenvalue weighted by atomic mass is 10.5. The number of carbonyl (C=O) groups is 1. The summed E-state index contributed by atoms with van der Waals surface area (Å²) in [5, 5.41) is 5.51. The van der Waals surface area contributed by atoms with Gasteiger partial charge in [-0.3, -0.25) is 9.78 Å². The molecule has 0 atom stereocenters. The normalized spacial score (nSPS) is 9.62. The molecule has 5 heteroatoms. The third-order valence-electron chi connectivity index (χ3n) is 1.37. The van der Waals surface area contributed by atoms with Crippen LogP contribution in [0.2, 0.25) is 0 Å². The standard InChI is InChI=1S/C8H12N4O/c1-2-9-6-8(13)12-7-5-10-3-4-11-7/h3-5,9H,2,6H2,1H3,(H,11,12,13). The fourth-order valence-corrected chi connectivity index (χ4v) is 0.789. The van der Waals surface area contributed by atoms with Crippen LogP contribution >= 0.6 is 0 Å². The molecular formula is C8H12N4O. The zero-order valence-electron chi connectivity index (χ0n) is 7.45. The van der Waals surface area contributed by atoms with Crippen molar-refractivity contribution in [3.05, 3.63) is 18.6 Å². The van der Waals surface area contributed by atoms with Crippen LogP contribution < -0.4 is 10.6 Å². The quantitative estimate of drug-likeness (QED) is 0.685. The van der Waals surface area contributed by atoms with Gasteiger partial charge < -0.3 is 10.6 Å². The Bertz CT molecular complexity index is 262. The molecule has 0 radical (unpaired) electrons. The maximum absolute atomic E-state index is 11.1. The molecule has 1 aromatic heterocycles. The zero-order valence-corrected chi connectivity index (χ0v) is 7.45. The van der Waals surface area contributed by atoms with E-state index in [1.54, 1.807) is 6.20 Å². The molecule has 5 nitrogen and oxygen atoms in total. The molecule has 0 fully saturated rings. The number of carbonyl (C=O) groups excluding carboxylic acids is 1. The predicted molar refractivity (Wildman–Crippen MR) is 49.2 cm³/mol. The van der Waals surface area contributed by atoms with Crippen LogP contribution in [0.5, 0.6) is 0 Å². The SMILES string of the molecule is CCNCC(=O)Nc1cnccn1. The molecular weight excluding hydrogens is 168 g/mol. The van der Waals surface area contributed by atoms with Gasteiger partial charge in [0.2, 0.25) is 5.91 Å². The van der Waals surface area contributed by atoms with Crippen LogP contribution in [0, 0.1) is 0 Å². The van der Waals surface area contributed by atoms with Crippen molar-refractivity contribution in [2.75, 3.05) is 18.4 Å². The maximum atomic E-state index is 11.1. The minimum absolute atomic E-state index is 0.109. The summed E-state index contributed by atoms with van der Waals surface area (Å²) in [7, 11) is 0. The third-order valence-corrected chi connectivity index (χ3v) is 1.37. The number of nitrogens with one attached hydrogen (secondary N) is 2. The molecule has 70 valence electrons. The highest BCUT2D eigenvalue weighted by atomic mass is 16.1. The number of rotatable bonds is 4.